The van der Waals surface area contributed by atoms with E-state index < -0.39 is 23.7 Å². The summed E-state index contributed by atoms with van der Waals surface area (Å²) in [6.45, 7) is 2.25. The Morgan fingerprint density at radius 1 is 1.03 bits per heavy atom. The number of hydrogen-bond acceptors (Lipinski definition) is 3. The highest BCUT2D eigenvalue weighted by molar-refractivity contribution is 6.05. The summed E-state index contributed by atoms with van der Waals surface area (Å²) >= 11 is 0. The summed E-state index contributed by atoms with van der Waals surface area (Å²) in [7, 11) is 0. The van der Waals surface area contributed by atoms with Gasteiger partial charge in [0.15, 0.2) is 0 Å². The van der Waals surface area contributed by atoms with Crippen LogP contribution in [0.25, 0.3) is 11.0 Å². The molecule has 0 unspecified atom stereocenters. The SMILES string of the molecule is Cc1cccc(CN2C(=O)[C@@H](CC(=O)Nc3cccc(C(F)(F)F)c3)n3c2nc2ccccc23)c1. The number of aryl methyl sites for hydroxylation is 1. The van der Waals surface area contributed by atoms with Gasteiger partial charge in [-0.1, -0.05) is 48.0 Å². The maximum atomic E-state index is 13.5. The molecule has 0 spiro atoms. The van der Waals surface area contributed by atoms with Crippen molar-refractivity contribution in [3.05, 3.63) is 89.5 Å². The number of aromatic nitrogens is 2. The van der Waals surface area contributed by atoms with Gasteiger partial charge in [-0.05, 0) is 42.8 Å². The Bertz CT molecular complexity index is 1440. The van der Waals surface area contributed by atoms with Gasteiger partial charge in [-0.15, -0.1) is 0 Å². The van der Waals surface area contributed by atoms with Crippen molar-refractivity contribution >= 4 is 34.5 Å². The first-order valence-electron chi connectivity index (χ1n) is 11.0. The predicted octanol–water partition coefficient (Wildman–Crippen LogP) is 5.48. The molecule has 0 radical (unpaired) electrons. The van der Waals surface area contributed by atoms with E-state index in [1.807, 2.05) is 55.5 Å². The van der Waals surface area contributed by atoms with Gasteiger partial charge in [0, 0.05) is 5.69 Å². The van der Waals surface area contributed by atoms with Gasteiger partial charge in [0.05, 0.1) is 29.6 Å². The number of carbonyl (C=O) groups is 2. The number of carbonyl (C=O) groups excluding carboxylic acids is 2. The minimum absolute atomic E-state index is 0.0163. The summed E-state index contributed by atoms with van der Waals surface area (Å²) < 4.78 is 40.8. The smallest absolute Gasteiger partial charge is 0.326 e. The zero-order valence-electron chi connectivity index (χ0n) is 18.7. The summed E-state index contributed by atoms with van der Waals surface area (Å²) in [5, 5.41) is 2.50. The van der Waals surface area contributed by atoms with E-state index in [1.54, 1.807) is 9.47 Å². The van der Waals surface area contributed by atoms with Crippen LogP contribution < -0.4 is 10.2 Å². The van der Waals surface area contributed by atoms with Gasteiger partial charge < -0.3 is 5.32 Å². The molecule has 0 bridgehead atoms. The van der Waals surface area contributed by atoms with Crippen molar-refractivity contribution in [3.63, 3.8) is 0 Å². The molecule has 5 rings (SSSR count). The highest BCUT2D eigenvalue weighted by atomic mass is 19.4. The van der Waals surface area contributed by atoms with Crippen molar-refractivity contribution in [2.45, 2.75) is 32.1 Å². The number of rotatable bonds is 5. The van der Waals surface area contributed by atoms with E-state index >= 15 is 0 Å². The van der Waals surface area contributed by atoms with Crippen LogP contribution in [0.5, 0.6) is 0 Å². The van der Waals surface area contributed by atoms with Gasteiger partial charge in [0.2, 0.25) is 11.9 Å². The molecule has 0 saturated carbocycles. The molecule has 2 amide bonds. The number of alkyl halides is 3. The van der Waals surface area contributed by atoms with E-state index in [0.717, 1.165) is 23.3 Å². The lowest BCUT2D eigenvalue weighted by atomic mass is 10.1. The third kappa shape index (κ3) is 4.37. The van der Waals surface area contributed by atoms with Gasteiger partial charge >= 0.3 is 6.18 Å². The van der Waals surface area contributed by atoms with E-state index in [1.165, 1.54) is 12.1 Å². The highest BCUT2D eigenvalue weighted by Gasteiger charge is 2.41. The van der Waals surface area contributed by atoms with Crippen LogP contribution in [0.15, 0.2) is 72.8 Å². The molecule has 1 aliphatic rings. The number of halogens is 3. The molecule has 4 aromatic rings. The normalized spacial score (nSPS) is 15.5. The number of para-hydroxylation sites is 2. The van der Waals surface area contributed by atoms with Crippen LogP contribution in [0.3, 0.4) is 0 Å². The van der Waals surface area contributed by atoms with Crippen LogP contribution >= 0.6 is 0 Å². The summed E-state index contributed by atoms with van der Waals surface area (Å²) in [5.41, 5.74) is 2.53. The number of benzene rings is 3. The topological polar surface area (TPSA) is 67.2 Å². The zero-order chi connectivity index (χ0) is 24.7. The Morgan fingerprint density at radius 3 is 2.57 bits per heavy atom. The molecule has 1 N–H and O–H groups in total. The summed E-state index contributed by atoms with van der Waals surface area (Å²) in [6.07, 6.45) is -4.77. The van der Waals surface area contributed by atoms with Crippen molar-refractivity contribution in [1.82, 2.24) is 9.55 Å². The van der Waals surface area contributed by atoms with Crippen LogP contribution in [-0.2, 0) is 22.3 Å². The number of anilines is 2. The molecule has 1 aliphatic heterocycles. The molecule has 0 aliphatic carbocycles. The van der Waals surface area contributed by atoms with Crippen molar-refractivity contribution in [1.29, 1.82) is 0 Å². The lowest BCUT2D eigenvalue weighted by Gasteiger charge is -2.16. The highest BCUT2D eigenvalue weighted by Crippen LogP contribution is 2.37. The van der Waals surface area contributed by atoms with Crippen LogP contribution in [0, 0.1) is 6.92 Å². The standard InChI is InChI=1S/C26H21F3N4O2/c1-16-6-4-7-17(12-16)15-32-24(35)22(33-21-11-3-2-10-20(21)31-25(32)33)14-23(34)30-19-9-5-8-18(13-19)26(27,28)29/h2-13,22H,14-15H2,1H3,(H,30,34)/t22-/m1/s1. The average Bonchev–Trinajstić information content (AvgIpc) is 3.29. The minimum Gasteiger partial charge on any atom is -0.326 e. The number of imidazole rings is 1. The molecular formula is C26H21F3N4O2. The van der Waals surface area contributed by atoms with Crippen LogP contribution in [0.2, 0.25) is 0 Å². The summed E-state index contributed by atoms with van der Waals surface area (Å²) in [5.74, 6) is -0.419. The second-order valence-corrected chi connectivity index (χ2v) is 8.53. The lowest BCUT2D eigenvalue weighted by molar-refractivity contribution is -0.137. The first kappa shape index (κ1) is 22.6. The molecule has 178 valence electrons. The molecular weight excluding hydrogens is 457 g/mol. The third-order valence-electron chi connectivity index (χ3n) is 5.96. The van der Waals surface area contributed by atoms with Crippen molar-refractivity contribution in [2.75, 3.05) is 10.2 Å². The average molecular weight is 478 g/mol. The third-order valence-corrected chi connectivity index (χ3v) is 5.96. The van der Waals surface area contributed by atoms with Crippen LogP contribution in [0.4, 0.5) is 24.8 Å². The summed E-state index contributed by atoms with van der Waals surface area (Å²) in [6, 6.07) is 18.6. The van der Waals surface area contributed by atoms with E-state index in [9.17, 15) is 22.8 Å². The Labute approximate surface area is 199 Å². The molecule has 1 atom stereocenters. The van der Waals surface area contributed by atoms with Gasteiger partial charge in [0.1, 0.15) is 6.04 Å². The van der Waals surface area contributed by atoms with Gasteiger partial charge in [-0.3, -0.25) is 19.1 Å². The molecule has 2 heterocycles. The fourth-order valence-electron chi connectivity index (χ4n) is 4.40. The van der Waals surface area contributed by atoms with E-state index in [4.69, 9.17) is 0 Å². The monoisotopic (exact) mass is 478 g/mol. The lowest BCUT2D eigenvalue weighted by Crippen LogP contribution is -2.31. The second-order valence-electron chi connectivity index (χ2n) is 8.53. The largest absolute Gasteiger partial charge is 0.416 e. The van der Waals surface area contributed by atoms with E-state index in [-0.39, 0.29) is 24.6 Å². The maximum Gasteiger partial charge on any atom is 0.416 e. The summed E-state index contributed by atoms with van der Waals surface area (Å²) in [4.78, 5) is 32.5. The predicted molar refractivity (Wildman–Crippen MR) is 126 cm³/mol. The number of fused-ring (bicyclic) bond motifs is 3. The molecule has 6 nitrogen and oxygen atoms in total. The first-order valence-corrected chi connectivity index (χ1v) is 11.0. The van der Waals surface area contributed by atoms with E-state index in [0.29, 0.717) is 17.0 Å². The van der Waals surface area contributed by atoms with Crippen molar-refractivity contribution in [3.8, 4) is 0 Å². The fourth-order valence-corrected chi connectivity index (χ4v) is 4.40. The number of hydrogen-bond donors (Lipinski definition) is 1. The molecule has 3 aromatic carbocycles. The van der Waals surface area contributed by atoms with Gasteiger partial charge in [-0.25, -0.2) is 4.98 Å². The molecule has 0 saturated heterocycles. The van der Waals surface area contributed by atoms with Crippen molar-refractivity contribution < 1.29 is 22.8 Å². The Balaban J connectivity index is 1.44. The van der Waals surface area contributed by atoms with E-state index in [2.05, 4.69) is 10.3 Å². The second kappa shape index (κ2) is 8.57. The van der Waals surface area contributed by atoms with Crippen LogP contribution in [0.1, 0.15) is 29.2 Å². The van der Waals surface area contributed by atoms with Crippen LogP contribution in [-0.4, -0.2) is 21.4 Å². The minimum atomic E-state index is -4.52. The Morgan fingerprint density at radius 2 is 1.80 bits per heavy atom. The maximum absolute atomic E-state index is 13.5. The Kier molecular flexibility index (Phi) is 5.55. The molecule has 35 heavy (non-hydrogen) atoms. The molecule has 9 heteroatoms. The zero-order valence-corrected chi connectivity index (χ0v) is 18.7. The number of amides is 2. The van der Waals surface area contributed by atoms with Gasteiger partial charge in [-0.2, -0.15) is 13.2 Å². The Hall–Kier alpha value is -4.14. The first-order chi connectivity index (χ1) is 16.7. The van der Waals surface area contributed by atoms with Crippen molar-refractivity contribution in [2.24, 2.45) is 0 Å². The quantitative estimate of drug-likeness (QED) is 0.413. The van der Waals surface area contributed by atoms with Gasteiger partial charge in [0.25, 0.3) is 5.91 Å². The number of nitrogens with one attached hydrogen (secondary N) is 1. The molecule has 1 aromatic heterocycles. The number of nitrogens with zero attached hydrogens (tertiary/aromatic N) is 3. The fraction of sp³-hybridized carbons (Fsp3) is 0.192. The molecule has 0 fully saturated rings.